The van der Waals surface area contributed by atoms with Crippen LogP contribution in [0, 0.1) is 0 Å². The van der Waals surface area contributed by atoms with Crippen molar-refractivity contribution >= 4 is 27.5 Å². The number of nitrogens with one attached hydrogen (secondary N) is 2. The number of amidine groups is 1. The van der Waals surface area contributed by atoms with E-state index >= 15 is 0 Å². The fourth-order valence-electron chi connectivity index (χ4n) is 3.18. The number of anilines is 1. The van der Waals surface area contributed by atoms with Crippen LogP contribution in [0.1, 0.15) is 21.5 Å². The van der Waals surface area contributed by atoms with E-state index in [1.807, 2.05) is 0 Å². The number of carbonyl (C=O) groups is 1. The highest BCUT2D eigenvalue weighted by Gasteiger charge is 2.28. The minimum absolute atomic E-state index is 0.00470. The Morgan fingerprint density at radius 1 is 0.969 bits per heavy atom. The van der Waals surface area contributed by atoms with E-state index in [1.165, 1.54) is 12.1 Å². The van der Waals surface area contributed by atoms with Gasteiger partial charge in [0, 0.05) is 28.9 Å². The number of fused-ring (bicyclic) bond motifs is 1. The summed E-state index contributed by atoms with van der Waals surface area (Å²) in [6, 6.07) is 19.0. The lowest BCUT2D eigenvalue weighted by atomic mass is 10.1. The number of ether oxygens (including phenoxy) is 1. The predicted molar refractivity (Wildman–Crippen MR) is 114 cm³/mol. The Morgan fingerprint density at radius 2 is 1.66 bits per heavy atom. The van der Waals surface area contributed by atoms with E-state index in [0.717, 1.165) is 0 Å². The zero-order valence-corrected chi connectivity index (χ0v) is 17.3. The Labute approximate surface area is 182 Å². The molecule has 1 heterocycles. The highest BCUT2D eigenvalue weighted by Crippen LogP contribution is 2.27. The summed E-state index contributed by atoms with van der Waals surface area (Å²) in [5.74, 6) is -0.210. The molecular weight excluding hydrogens is 440 g/mol. The highest BCUT2D eigenvalue weighted by atomic mass is 32.2. The molecule has 0 saturated carbocycles. The highest BCUT2D eigenvalue weighted by molar-refractivity contribution is 7.90. The number of para-hydroxylation sites is 1. The lowest BCUT2D eigenvalue weighted by Crippen LogP contribution is -2.23. The molecule has 10 heteroatoms. The monoisotopic (exact) mass is 457 g/mol. The van der Waals surface area contributed by atoms with Crippen molar-refractivity contribution in [3.05, 3.63) is 89.5 Å². The average molecular weight is 457 g/mol. The summed E-state index contributed by atoms with van der Waals surface area (Å²) in [6.07, 6.45) is 0. The molecule has 0 saturated heterocycles. The van der Waals surface area contributed by atoms with Crippen molar-refractivity contribution in [2.24, 2.45) is 4.40 Å². The first-order valence-corrected chi connectivity index (χ1v) is 10.9. The third kappa shape index (κ3) is 4.59. The minimum Gasteiger partial charge on any atom is -0.434 e. The maximum Gasteiger partial charge on any atom is 0.387 e. The zero-order chi connectivity index (χ0) is 22.7. The van der Waals surface area contributed by atoms with Gasteiger partial charge in [0.2, 0.25) is 0 Å². The van der Waals surface area contributed by atoms with Gasteiger partial charge in [-0.1, -0.05) is 30.3 Å². The first-order valence-electron chi connectivity index (χ1n) is 9.46. The summed E-state index contributed by atoms with van der Waals surface area (Å²) < 4.78 is 57.5. The summed E-state index contributed by atoms with van der Waals surface area (Å²) in [5, 5.41) is 5.61. The van der Waals surface area contributed by atoms with Crippen LogP contribution in [0.25, 0.3) is 0 Å². The fraction of sp³-hybridized carbons (Fsp3) is 0.0909. The molecule has 0 aromatic heterocycles. The van der Waals surface area contributed by atoms with E-state index in [1.54, 1.807) is 60.7 Å². The largest absolute Gasteiger partial charge is 0.434 e. The number of amides is 1. The second-order valence-electron chi connectivity index (χ2n) is 6.78. The normalized spacial score (nSPS) is 13.9. The van der Waals surface area contributed by atoms with Gasteiger partial charge in [0.15, 0.2) is 5.84 Å². The van der Waals surface area contributed by atoms with Crippen LogP contribution in [0.2, 0.25) is 0 Å². The fourth-order valence-corrected chi connectivity index (χ4v) is 4.35. The van der Waals surface area contributed by atoms with Gasteiger partial charge >= 0.3 is 6.61 Å². The van der Waals surface area contributed by atoms with E-state index in [-0.39, 0.29) is 23.0 Å². The molecule has 1 aliphatic heterocycles. The van der Waals surface area contributed by atoms with Gasteiger partial charge in [0.25, 0.3) is 15.9 Å². The van der Waals surface area contributed by atoms with Gasteiger partial charge in [-0.3, -0.25) is 4.79 Å². The predicted octanol–water partition coefficient (Wildman–Crippen LogP) is 3.78. The molecule has 7 nitrogen and oxygen atoms in total. The van der Waals surface area contributed by atoms with E-state index < -0.39 is 22.5 Å². The maximum absolute atomic E-state index is 12.5. The number of sulfonamides is 1. The number of nitrogens with zero attached hydrogens (tertiary/aromatic N) is 1. The molecule has 0 bridgehead atoms. The number of hydrogen-bond donors (Lipinski definition) is 2. The summed E-state index contributed by atoms with van der Waals surface area (Å²) in [6.45, 7) is -2.95. The summed E-state index contributed by atoms with van der Waals surface area (Å²) in [5.41, 5.74) is 1.77. The molecule has 1 amide bonds. The van der Waals surface area contributed by atoms with Crippen LogP contribution in [0.15, 0.2) is 82.1 Å². The minimum atomic E-state index is -3.74. The van der Waals surface area contributed by atoms with Gasteiger partial charge in [0.05, 0.1) is 0 Å². The molecule has 0 aliphatic carbocycles. The van der Waals surface area contributed by atoms with Gasteiger partial charge in [0.1, 0.15) is 10.6 Å². The van der Waals surface area contributed by atoms with Gasteiger partial charge in [-0.25, -0.2) is 0 Å². The Kier molecular flexibility index (Phi) is 5.87. The summed E-state index contributed by atoms with van der Waals surface area (Å²) in [7, 11) is -3.74. The first kappa shape index (κ1) is 21.4. The third-order valence-electron chi connectivity index (χ3n) is 4.67. The number of alkyl halides is 2. The molecule has 32 heavy (non-hydrogen) atoms. The van der Waals surface area contributed by atoms with Crippen LogP contribution in [0.4, 0.5) is 14.5 Å². The van der Waals surface area contributed by atoms with Crippen LogP contribution >= 0.6 is 0 Å². The van der Waals surface area contributed by atoms with Crippen molar-refractivity contribution in [2.45, 2.75) is 18.1 Å². The second-order valence-corrected chi connectivity index (χ2v) is 8.35. The number of carbonyl (C=O) groups excluding carboxylic acids is 1. The van der Waals surface area contributed by atoms with Crippen molar-refractivity contribution in [1.29, 1.82) is 0 Å². The molecule has 2 N–H and O–H groups in total. The van der Waals surface area contributed by atoms with Gasteiger partial charge in [-0.2, -0.15) is 17.2 Å². The van der Waals surface area contributed by atoms with E-state index in [0.29, 0.717) is 22.4 Å². The number of halogens is 2. The molecule has 164 valence electrons. The number of hydrogen-bond acceptors (Lipinski definition) is 5. The Hall–Kier alpha value is -3.79. The van der Waals surface area contributed by atoms with E-state index in [4.69, 9.17) is 0 Å². The molecule has 4 rings (SSSR count). The van der Waals surface area contributed by atoms with Crippen molar-refractivity contribution in [1.82, 2.24) is 5.32 Å². The zero-order valence-electron chi connectivity index (χ0n) is 16.5. The molecule has 0 spiro atoms. The molecule has 0 unspecified atom stereocenters. The smallest absolute Gasteiger partial charge is 0.387 e. The second kappa shape index (κ2) is 8.75. The standard InChI is InChI=1S/C22H17F2N3O4S/c23-22(24)31-18-7-3-1-5-15(18)13-25-21(28)14-9-11-16(12-10-14)26-20-17-6-2-4-8-19(17)32(29,30)27-20/h1-12,22H,13H2,(H,25,28)(H,26,27). The Bertz CT molecular complexity index is 1290. The molecular formula is C22H17F2N3O4S. The number of rotatable bonds is 6. The van der Waals surface area contributed by atoms with E-state index in [9.17, 15) is 22.0 Å². The summed E-state index contributed by atoms with van der Waals surface area (Å²) in [4.78, 5) is 12.6. The molecule has 0 fully saturated rings. The van der Waals surface area contributed by atoms with Gasteiger partial charge in [-0.05, 0) is 42.5 Å². The van der Waals surface area contributed by atoms with Crippen LogP contribution in [0.5, 0.6) is 5.75 Å². The molecule has 1 aliphatic rings. The van der Waals surface area contributed by atoms with Crippen molar-refractivity contribution < 1.29 is 26.7 Å². The van der Waals surface area contributed by atoms with Crippen molar-refractivity contribution in [3.8, 4) is 5.75 Å². The third-order valence-corrected chi connectivity index (χ3v) is 6.00. The Balaban J connectivity index is 1.42. The SMILES string of the molecule is O=C(NCc1ccccc1OC(F)F)c1ccc(NC2=NS(=O)(=O)c3ccccc32)cc1. The van der Waals surface area contributed by atoms with Crippen LogP contribution in [-0.2, 0) is 16.6 Å². The lowest BCUT2D eigenvalue weighted by Gasteiger charge is -2.12. The van der Waals surface area contributed by atoms with E-state index in [2.05, 4.69) is 19.8 Å². The molecule has 0 atom stereocenters. The molecule has 3 aromatic carbocycles. The Morgan fingerprint density at radius 3 is 2.41 bits per heavy atom. The van der Waals surface area contributed by atoms with Crippen LogP contribution < -0.4 is 15.4 Å². The quantitative estimate of drug-likeness (QED) is 0.587. The van der Waals surface area contributed by atoms with Gasteiger partial charge < -0.3 is 15.4 Å². The molecule has 0 radical (unpaired) electrons. The maximum atomic E-state index is 12.5. The first-order chi connectivity index (χ1) is 15.3. The average Bonchev–Trinajstić information content (AvgIpc) is 3.03. The molecule has 3 aromatic rings. The summed E-state index contributed by atoms with van der Waals surface area (Å²) >= 11 is 0. The van der Waals surface area contributed by atoms with Crippen molar-refractivity contribution in [3.63, 3.8) is 0 Å². The van der Waals surface area contributed by atoms with Crippen LogP contribution in [-0.4, -0.2) is 26.8 Å². The number of benzene rings is 3. The topological polar surface area (TPSA) is 96.9 Å². The van der Waals surface area contributed by atoms with Crippen molar-refractivity contribution in [2.75, 3.05) is 5.32 Å². The lowest BCUT2D eigenvalue weighted by molar-refractivity contribution is -0.0504. The van der Waals surface area contributed by atoms with Crippen LogP contribution in [0.3, 0.4) is 0 Å². The van der Waals surface area contributed by atoms with Gasteiger partial charge in [-0.15, -0.1) is 4.40 Å².